The molecule has 0 aliphatic rings. The standard InChI is InChI=1S/C22H19N5O2/c1-29-19-10-3-2-6-16(19)14-24-20-12-11-18(26-27-20)22(28)25-17-9-4-7-15-8-5-13-23-21(15)17/h2-13H,14H2,1H3,(H,24,27)(H,25,28). The maximum absolute atomic E-state index is 12.6. The minimum Gasteiger partial charge on any atom is -0.496 e. The molecule has 4 rings (SSSR count). The van der Waals surface area contributed by atoms with Gasteiger partial charge in [0.25, 0.3) is 5.91 Å². The SMILES string of the molecule is COc1ccccc1CNc1ccc(C(=O)Nc2cccc3cccnc23)nn1. The minimum absolute atomic E-state index is 0.223. The molecule has 0 radical (unpaired) electrons. The number of carbonyl (C=O) groups is 1. The van der Waals surface area contributed by atoms with Gasteiger partial charge in [-0.1, -0.05) is 36.4 Å². The van der Waals surface area contributed by atoms with Gasteiger partial charge >= 0.3 is 0 Å². The van der Waals surface area contributed by atoms with Gasteiger partial charge in [0, 0.05) is 23.7 Å². The van der Waals surface area contributed by atoms with Crippen LogP contribution in [0.15, 0.2) is 72.9 Å². The van der Waals surface area contributed by atoms with Gasteiger partial charge in [-0.3, -0.25) is 9.78 Å². The Balaban J connectivity index is 1.44. The zero-order valence-electron chi connectivity index (χ0n) is 15.8. The number of rotatable bonds is 6. The fourth-order valence-corrected chi connectivity index (χ4v) is 2.97. The van der Waals surface area contributed by atoms with Gasteiger partial charge in [-0.15, -0.1) is 10.2 Å². The van der Waals surface area contributed by atoms with Gasteiger partial charge in [0.05, 0.1) is 18.3 Å². The van der Waals surface area contributed by atoms with Crippen molar-refractivity contribution in [3.63, 3.8) is 0 Å². The Kier molecular flexibility index (Phi) is 5.29. The van der Waals surface area contributed by atoms with Crippen LogP contribution in [0.1, 0.15) is 16.1 Å². The summed E-state index contributed by atoms with van der Waals surface area (Å²) in [4.78, 5) is 16.9. The van der Waals surface area contributed by atoms with Crippen molar-refractivity contribution in [2.24, 2.45) is 0 Å². The molecule has 7 nitrogen and oxygen atoms in total. The van der Waals surface area contributed by atoms with Crippen LogP contribution in [-0.2, 0) is 6.54 Å². The summed E-state index contributed by atoms with van der Waals surface area (Å²) in [6, 6.07) is 20.5. The van der Waals surface area contributed by atoms with Crippen LogP contribution in [-0.4, -0.2) is 28.2 Å². The first kappa shape index (κ1) is 18.4. The fourth-order valence-electron chi connectivity index (χ4n) is 2.97. The van der Waals surface area contributed by atoms with Gasteiger partial charge < -0.3 is 15.4 Å². The van der Waals surface area contributed by atoms with Crippen LogP contribution in [0.25, 0.3) is 10.9 Å². The van der Waals surface area contributed by atoms with Gasteiger partial charge in [0.15, 0.2) is 5.69 Å². The molecule has 2 N–H and O–H groups in total. The molecule has 144 valence electrons. The Labute approximate surface area is 167 Å². The normalized spacial score (nSPS) is 10.5. The monoisotopic (exact) mass is 385 g/mol. The van der Waals surface area contributed by atoms with E-state index in [4.69, 9.17) is 4.74 Å². The number of nitrogens with zero attached hydrogens (tertiary/aromatic N) is 3. The molecule has 4 aromatic rings. The number of nitrogens with one attached hydrogen (secondary N) is 2. The molecule has 0 saturated carbocycles. The maximum Gasteiger partial charge on any atom is 0.276 e. The van der Waals surface area contributed by atoms with E-state index in [0.717, 1.165) is 22.2 Å². The highest BCUT2D eigenvalue weighted by Crippen LogP contribution is 2.21. The summed E-state index contributed by atoms with van der Waals surface area (Å²) in [5.41, 5.74) is 2.59. The van der Waals surface area contributed by atoms with Crippen molar-refractivity contribution >= 4 is 28.3 Å². The smallest absolute Gasteiger partial charge is 0.276 e. The number of fused-ring (bicyclic) bond motifs is 1. The number of benzene rings is 2. The summed E-state index contributed by atoms with van der Waals surface area (Å²) in [6.07, 6.45) is 1.69. The first-order chi connectivity index (χ1) is 14.2. The average Bonchev–Trinajstić information content (AvgIpc) is 2.78. The molecule has 0 bridgehead atoms. The predicted octanol–water partition coefficient (Wildman–Crippen LogP) is 3.90. The van der Waals surface area contributed by atoms with Crippen molar-refractivity contribution in [1.29, 1.82) is 0 Å². The van der Waals surface area contributed by atoms with E-state index in [1.54, 1.807) is 25.4 Å². The average molecular weight is 385 g/mol. The van der Waals surface area contributed by atoms with E-state index >= 15 is 0 Å². The number of pyridine rings is 1. The Hall–Kier alpha value is -4.00. The van der Waals surface area contributed by atoms with Crippen LogP contribution in [0.2, 0.25) is 0 Å². The number of carbonyl (C=O) groups excluding carboxylic acids is 1. The van der Waals surface area contributed by atoms with E-state index in [-0.39, 0.29) is 11.6 Å². The second-order valence-corrected chi connectivity index (χ2v) is 6.30. The maximum atomic E-state index is 12.6. The Bertz CT molecular complexity index is 1140. The number of methoxy groups -OCH3 is 1. The van der Waals surface area contributed by atoms with Crippen molar-refractivity contribution in [2.45, 2.75) is 6.54 Å². The van der Waals surface area contributed by atoms with Crippen molar-refractivity contribution in [3.05, 3.63) is 84.2 Å². The molecule has 2 aromatic heterocycles. The first-order valence-corrected chi connectivity index (χ1v) is 9.09. The highest BCUT2D eigenvalue weighted by atomic mass is 16.5. The number of hydrogen-bond donors (Lipinski definition) is 2. The third kappa shape index (κ3) is 4.14. The third-order valence-electron chi connectivity index (χ3n) is 4.43. The van der Waals surface area contributed by atoms with E-state index in [1.807, 2.05) is 54.6 Å². The lowest BCUT2D eigenvalue weighted by Gasteiger charge is -2.10. The quantitative estimate of drug-likeness (QED) is 0.523. The molecule has 0 spiro atoms. The molecular weight excluding hydrogens is 366 g/mol. The van der Waals surface area contributed by atoms with Crippen LogP contribution in [0.5, 0.6) is 5.75 Å². The molecule has 0 aliphatic heterocycles. The minimum atomic E-state index is -0.341. The number of anilines is 2. The van der Waals surface area contributed by atoms with Crippen LogP contribution in [0, 0.1) is 0 Å². The predicted molar refractivity (Wildman–Crippen MR) is 112 cm³/mol. The number of hydrogen-bond acceptors (Lipinski definition) is 6. The highest BCUT2D eigenvalue weighted by molar-refractivity contribution is 6.07. The van der Waals surface area contributed by atoms with Gasteiger partial charge in [0.2, 0.25) is 0 Å². The molecule has 7 heteroatoms. The summed E-state index contributed by atoms with van der Waals surface area (Å²) >= 11 is 0. The molecular formula is C22H19N5O2. The molecule has 0 atom stereocenters. The van der Waals surface area contributed by atoms with Gasteiger partial charge in [-0.25, -0.2) is 0 Å². The summed E-state index contributed by atoms with van der Waals surface area (Å²) in [7, 11) is 1.64. The summed E-state index contributed by atoms with van der Waals surface area (Å²) in [5, 5.41) is 15.1. The molecule has 0 saturated heterocycles. The van der Waals surface area contributed by atoms with E-state index in [9.17, 15) is 4.79 Å². The van der Waals surface area contributed by atoms with Crippen molar-refractivity contribution < 1.29 is 9.53 Å². The largest absolute Gasteiger partial charge is 0.496 e. The lowest BCUT2D eigenvalue weighted by atomic mass is 10.2. The lowest BCUT2D eigenvalue weighted by Crippen LogP contribution is -2.15. The van der Waals surface area contributed by atoms with E-state index in [0.29, 0.717) is 18.1 Å². The molecule has 29 heavy (non-hydrogen) atoms. The second-order valence-electron chi connectivity index (χ2n) is 6.30. The topological polar surface area (TPSA) is 89.0 Å². The van der Waals surface area contributed by atoms with Crippen molar-refractivity contribution in [3.8, 4) is 5.75 Å². The van der Waals surface area contributed by atoms with Gasteiger partial charge in [-0.05, 0) is 30.3 Å². The number of ether oxygens (including phenoxy) is 1. The fraction of sp³-hybridized carbons (Fsp3) is 0.0909. The molecule has 2 heterocycles. The van der Waals surface area contributed by atoms with Gasteiger partial charge in [-0.2, -0.15) is 0 Å². The Morgan fingerprint density at radius 1 is 0.966 bits per heavy atom. The zero-order valence-corrected chi connectivity index (χ0v) is 15.8. The Morgan fingerprint density at radius 2 is 1.83 bits per heavy atom. The highest BCUT2D eigenvalue weighted by Gasteiger charge is 2.11. The number of aromatic nitrogens is 3. The molecule has 0 fully saturated rings. The third-order valence-corrected chi connectivity index (χ3v) is 4.43. The summed E-state index contributed by atoms with van der Waals surface area (Å²) in [6.45, 7) is 0.534. The van der Waals surface area contributed by atoms with Crippen LogP contribution >= 0.6 is 0 Å². The molecule has 0 unspecified atom stereocenters. The van der Waals surface area contributed by atoms with E-state index < -0.39 is 0 Å². The summed E-state index contributed by atoms with van der Waals surface area (Å²) < 4.78 is 5.34. The van der Waals surface area contributed by atoms with E-state index in [2.05, 4.69) is 25.8 Å². The van der Waals surface area contributed by atoms with Crippen molar-refractivity contribution in [2.75, 3.05) is 17.7 Å². The summed E-state index contributed by atoms with van der Waals surface area (Å²) in [5.74, 6) is 1.03. The second kappa shape index (κ2) is 8.35. The van der Waals surface area contributed by atoms with E-state index in [1.165, 1.54) is 0 Å². The van der Waals surface area contributed by atoms with Crippen LogP contribution in [0.4, 0.5) is 11.5 Å². The molecule has 2 aromatic carbocycles. The lowest BCUT2D eigenvalue weighted by molar-refractivity contribution is 0.102. The number of para-hydroxylation sites is 2. The van der Waals surface area contributed by atoms with Crippen molar-refractivity contribution in [1.82, 2.24) is 15.2 Å². The molecule has 1 amide bonds. The number of amides is 1. The zero-order chi connectivity index (χ0) is 20.1. The first-order valence-electron chi connectivity index (χ1n) is 9.09. The van der Waals surface area contributed by atoms with Crippen LogP contribution < -0.4 is 15.4 Å². The Morgan fingerprint density at radius 3 is 2.66 bits per heavy atom. The molecule has 0 aliphatic carbocycles. The van der Waals surface area contributed by atoms with Crippen LogP contribution in [0.3, 0.4) is 0 Å². The van der Waals surface area contributed by atoms with Gasteiger partial charge in [0.1, 0.15) is 11.6 Å².